The van der Waals surface area contributed by atoms with Crippen LogP contribution in [-0.4, -0.2) is 46.1 Å². The first kappa shape index (κ1) is 47.1. The Morgan fingerprint density at radius 1 is 0.500 bits per heavy atom. The summed E-state index contributed by atoms with van der Waals surface area (Å²) in [5.41, 5.74) is 0. The molecule has 3 atom stereocenters. The monoisotopic (exact) mass is 680 g/mol. The van der Waals surface area contributed by atoms with E-state index in [2.05, 4.69) is 31.3 Å². The molecule has 0 bridgehead atoms. The van der Waals surface area contributed by atoms with Crippen LogP contribution in [0, 0.1) is 0 Å². The highest BCUT2D eigenvalue weighted by molar-refractivity contribution is 5.76. The molecule has 0 aromatic rings. The van der Waals surface area contributed by atoms with Crippen LogP contribution in [0.4, 0.5) is 0 Å². The molecule has 0 rings (SSSR count). The van der Waals surface area contributed by atoms with Gasteiger partial charge in [-0.1, -0.05) is 199 Å². The van der Waals surface area contributed by atoms with Crippen molar-refractivity contribution < 1.29 is 20.1 Å². The van der Waals surface area contributed by atoms with Gasteiger partial charge in [0.05, 0.1) is 18.8 Å². The molecule has 0 aliphatic carbocycles. The van der Waals surface area contributed by atoms with Gasteiger partial charge in [0, 0.05) is 6.42 Å². The molecule has 0 radical (unpaired) electrons. The molecule has 0 aromatic carbocycles. The van der Waals surface area contributed by atoms with Crippen molar-refractivity contribution in [2.75, 3.05) is 6.61 Å². The summed E-state index contributed by atoms with van der Waals surface area (Å²) in [4.78, 5) is 12.4. The third-order valence-corrected chi connectivity index (χ3v) is 10.1. The second-order valence-corrected chi connectivity index (χ2v) is 14.9. The lowest BCUT2D eigenvalue weighted by Gasteiger charge is -2.26. The topological polar surface area (TPSA) is 89.8 Å². The van der Waals surface area contributed by atoms with E-state index in [4.69, 9.17) is 0 Å². The molecule has 0 aliphatic rings. The molecule has 5 nitrogen and oxygen atoms in total. The fourth-order valence-electron chi connectivity index (χ4n) is 6.75. The summed E-state index contributed by atoms with van der Waals surface area (Å²) in [6, 6.07) is -0.820. The van der Waals surface area contributed by atoms with E-state index in [0.29, 0.717) is 12.8 Å². The number of unbranched alkanes of at least 4 members (excludes halogenated alkanes) is 29. The van der Waals surface area contributed by atoms with Crippen molar-refractivity contribution in [3.63, 3.8) is 0 Å². The third kappa shape index (κ3) is 33.6. The van der Waals surface area contributed by atoms with Crippen molar-refractivity contribution in [3.8, 4) is 0 Å². The lowest BCUT2D eigenvalue weighted by atomic mass is 10.0. The number of hydrogen-bond donors (Lipinski definition) is 4. The van der Waals surface area contributed by atoms with E-state index in [-0.39, 0.29) is 12.5 Å². The zero-order valence-electron chi connectivity index (χ0n) is 32.4. The van der Waals surface area contributed by atoms with E-state index < -0.39 is 18.2 Å². The summed E-state index contributed by atoms with van der Waals surface area (Å²) in [7, 11) is 0. The number of carbonyl (C=O) groups excluding carboxylic acids is 1. The number of aliphatic hydroxyl groups is 3. The van der Waals surface area contributed by atoms with Crippen LogP contribution >= 0.6 is 0 Å². The molecule has 48 heavy (non-hydrogen) atoms. The Balaban J connectivity index is 3.63. The van der Waals surface area contributed by atoms with Crippen LogP contribution in [0.15, 0.2) is 12.2 Å². The van der Waals surface area contributed by atoms with Crippen LogP contribution in [0.5, 0.6) is 0 Å². The van der Waals surface area contributed by atoms with Crippen LogP contribution in [0.1, 0.15) is 232 Å². The minimum Gasteiger partial charge on any atom is -0.394 e. The Bertz CT molecular complexity index is 669. The van der Waals surface area contributed by atoms with Crippen LogP contribution in [0.25, 0.3) is 0 Å². The van der Waals surface area contributed by atoms with E-state index in [1.54, 1.807) is 0 Å². The van der Waals surface area contributed by atoms with Crippen LogP contribution < -0.4 is 5.32 Å². The maximum Gasteiger partial charge on any atom is 0.220 e. The number of aliphatic hydroxyl groups excluding tert-OH is 3. The largest absolute Gasteiger partial charge is 0.394 e. The van der Waals surface area contributed by atoms with Crippen molar-refractivity contribution in [2.45, 2.75) is 250 Å². The summed E-state index contributed by atoms with van der Waals surface area (Å²) in [5.74, 6) is -0.152. The maximum atomic E-state index is 12.4. The molecule has 1 amide bonds. The van der Waals surface area contributed by atoms with Crippen LogP contribution in [0.2, 0.25) is 0 Å². The zero-order valence-corrected chi connectivity index (χ0v) is 32.4. The molecule has 4 N–H and O–H groups in total. The molecule has 0 saturated carbocycles. The molecular formula is C43H85NO4. The summed E-state index contributed by atoms with van der Waals surface area (Å²) < 4.78 is 0. The summed E-state index contributed by atoms with van der Waals surface area (Å²) >= 11 is 0. The second kappa shape index (κ2) is 38.9. The summed E-state index contributed by atoms with van der Waals surface area (Å²) in [5, 5.41) is 33.5. The number of amides is 1. The van der Waals surface area contributed by atoms with Gasteiger partial charge in [0.15, 0.2) is 0 Å². The first-order chi connectivity index (χ1) is 23.6. The Hall–Kier alpha value is -0.910. The van der Waals surface area contributed by atoms with E-state index in [0.717, 1.165) is 38.5 Å². The molecule has 0 saturated heterocycles. The lowest BCUT2D eigenvalue weighted by molar-refractivity contribution is -0.124. The average molecular weight is 680 g/mol. The Morgan fingerprint density at radius 2 is 0.833 bits per heavy atom. The van der Waals surface area contributed by atoms with E-state index in [1.165, 1.54) is 167 Å². The summed E-state index contributed by atoms with van der Waals surface area (Å²) in [6.45, 7) is 4.17. The van der Waals surface area contributed by atoms with Gasteiger partial charge in [0.1, 0.15) is 6.10 Å². The van der Waals surface area contributed by atoms with Gasteiger partial charge in [-0.15, -0.1) is 0 Å². The van der Waals surface area contributed by atoms with E-state index in [9.17, 15) is 20.1 Å². The third-order valence-electron chi connectivity index (χ3n) is 10.1. The van der Waals surface area contributed by atoms with Crippen molar-refractivity contribution >= 4 is 5.91 Å². The molecule has 0 heterocycles. The van der Waals surface area contributed by atoms with E-state index >= 15 is 0 Å². The highest BCUT2D eigenvalue weighted by Crippen LogP contribution is 2.16. The van der Waals surface area contributed by atoms with Gasteiger partial charge in [-0.25, -0.2) is 0 Å². The molecular weight excluding hydrogens is 594 g/mol. The summed E-state index contributed by atoms with van der Waals surface area (Å²) in [6.07, 6.45) is 44.6. The normalized spacial score (nSPS) is 13.7. The van der Waals surface area contributed by atoms with Gasteiger partial charge < -0.3 is 20.6 Å². The number of allylic oxidation sites excluding steroid dienone is 2. The van der Waals surface area contributed by atoms with Crippen LogP contribution in [-0.2, 0) is 4.79 Å². The van der Waals surface area contributed by atoms with Gasteiger partial charge in [0.25, 0.3) is 0 Å². The average Bonchev–Trinajstić information content (AvgIpc) is 3.09. The van der Waals surface area contributed by atoms with Gasteiger partial charge in [-0.05, 0) is 38.5 Å². The fourth-order valence-corrected chi connectivity index (χ4v) is 6.75. The molecule has 0 aromatic heterocycles. The van der Waals surface area contributed by atoms with Crippen molar-refractivity contribution in [2.24, 2.45) is 0 Å². The predicted octanol–water partition coefficient (Wildman–Crippen LogP) is 12.0. The SMILES string of the molecule is CCCCCCCCCCCCCCCCCC/C=C/CCCC(O)C(O)C(CO)NC(=O)CCCCCCCCCCCCCCC. The fraction of sp³-hybridized carbons (Fsp3) is 0.930. The van der Waals surface area contributed by atoms with Gasteiger partial charge >= 0.3 is 0 Å². The Morgan fingerprint density at radius 3 is 1.21 bits per heavy atom. The number of nitrogens with one attached hydrogen (secondary N) is 1. The number of hydrogen-bond acceptors (Lipinski definition) is 4. The number of rotatable bonds is 39. The van der Waals surface area contributed by atoms with Crippen molar-refractivity contribution in [1.29, 1.82) is 0 Å². The maximum absolute atomic E-state index is 12.4. The minimum absolute atomic E-state index is 0.152. The first-order valence-electron chi connectivity index (χ1n) is 21.5. The highest BCUT2D eigenvalue weighted by Gasteiger charge is 2.26. The van der Waals surface area contributed by atoms with Gasteiger partial charge in [-0.2, -0.15) is 0 Å². The molecule has 5 heteroatoms. The predicted molar refractivity (Wildman–Crippen MR) is 208 cm³/mol. The van der Waals surface area contributed by atoms with Crippen molar-refractivity contribution in [3.05, 3.63) is 12.2 Å². The molecule has 0 aliphatic heterocycles. The van der Waals surface area contributed by atoms with Gasteiger partial charge in [-0.3, -0.25) is 4.79 Å². The van der Waals surface area contributed by atoms with E-state index in [1.807, 2.05) is 0 Å². The first-order valence-corrected chi connectivity index (χ1v) is 21.5. The molecule has 0 spiro atoms. The molecule has 0 fully saturated rings. The number of carbonyl (C=O) groups is 1. The molecule has 286 valence electrons. The lowest BCUT2D eigenvalue weighted by Crippen LogP contribution is -2.50. The Kier molecular flexibility index (Phi) is 38.1. The standard InChI is InChI=1S/C43H85NO4/c1-3-5-7-9-11-13-15-17-18-19-20-21-22-23-24-26-27-29-31-33-35-37-41(46)43(48)40(39-45)44-42(47)38-36-34-32-30-28-25-16-14-12-10-8-6-4-2/h29,31,40-41,43,45-46,48H,3-28,30,32-39H2,1-2H3,(H,44,47)/b31-29+. The second-order valence-electron chi connectivity index (χ2n) is 14.9. The molecule has 3 unspecified atom stereocenters. The quantitative estimate of drug-likeness (QED) is 0.0384. The van der Waals surface area contributed by atoms with Gasteiger partial charge in [0.2, 0.25) is 5.91 Å². The zero-order chi connectivity index (χ0) is 35.2. The smallest absolute Gasteiger partial charge is 0.220 e. The highest BCUT2D eigenvalue weighted by atomic mass is 16.3. The van der Waals surface area contributed by atoms with Crippen LogP contribution in [0.3, 0.4) is 0 Å². The Labute approximate surface area is 299 Å². The van der Waals surface area contributed by atoms with Crippen molar-refractivity contribution in [1.82, 2.24) is 5.32 Å². The minimum atomic E-state index is -1.15.